The summed E-state index contributed by atoms with van der Waals surface area (Å²) in [5.41, 5.74) is 0. The van der Waals surface area contributed by atoms with Crippen LogP contribution >= 0.6 is 23.7 Å². The average molecular weight is 139 g/mol. The van der Waals surface area contributed by atoms with Crippen molar-refractivity contribution in [3.05, 3.63) is 22.9 Å². The van der Waals surface area contributed by atoms with Crippen molar-refractivity contribution in [3.63, 3.8) is 0 Å². The van der Waals surface area contributed by atoms with Crippen molar-refractivity contribution in [2.75, 3.05) is 0 Å². The van der Waals surface area contributed by atoms with Crippen LogP contribution in [0.2, 0.25) is 0 Å². The zero-order valence-electron chi connectivity index (χ0n) is 3.63. The molecule has 0 fully saturated rings. The van der Waals surface area contributed by atoms with Gasteiger partial charge >= 0.3 is 0 Å². The Bertz CT molecular complexity index is 68.2. The molecular weight excluding hydrogens is 132 g/mol. The Kier molecular flexibility index (Phi) is 8.54. The molecule has 0 spiro atoms. The lowest BCUT2D eigenvalue weighted by molar-refractivity contribution is 0.824. The van der Waals surface area contributed by atoms with Crippen molar-refractivity contribution in [1.82, 2.24) is 0 Å². The van der Waals surface area contributed by atoms with Gasteiger partial charge < -0.3 is 5.48 Å². The first-order valence-electron chi connectivity index (χ1n) is 1.47. The van der Waals surface area contributed by atoms with E-state index in [-0.39, 0.29) is 17.9 Å². The van der Waals surface area contributed by atoms with Crippen LogP contribution in [0.5, 0.6) is 0 Å². The van der Waals surface area contributed by atoms with Crippen LogP contribution in [0.25, 0.3) is 0 Å². The molecular formula is C4H7ClOS. The predicted octanol–water partition coefficient (Wildman–Crippen LogP) is 1.35. The Balaban J connectivity index is 0. The van der Waals surface area contributed by atoms with E-state index in [0.29, 0.717) is 0 Å². The maximum absolute atomic E-state index is 2.04. The van der Waals surface area contributed by atoms with Gasteiger partial charge in [0.1, 0.15) is 0 Å². The molecule has 0 aliphatic rings. The fourth-order valence-corrected chi connectivity index (χ4v) is 0.680. The first-order chi connectivity index (χ1) is 2.50. The van der Waals surface area contributed by atoms with Gasteiger partial charge in [-0.1, -0.05) is 12.1 Å². The Hall–Kier alpha value is -0.0500. The summed E-state index contributed by atoms with van der Waals surface area (Å²) in [4.78, 5) is 0. The van der Waals surface area contributed by atoms with Crippen LogP contribution < -0.4 is 0 Å². The Morgan fingerprint density at radius 1 is 1.00 bits per heavy atom. The van der Waals surface area contributed by atoms with E-state index >= 15 is 0 Å². The van der Waals surface area contributed by atoms with Crippen LogP contribution in [0, 0.1) is 0 Å². The fourth-order valence-electron chi connectivity index (χ4n) is 0.227. The number of hydrogen-bond acceptors (Lipinski definition) is 1. The number of thiophene rings is 1. The van der Waals surface area contributed by atoms with Gasteiger partial charge in [0.05, 0.1) is 0 Å². The molecule has 2 N–H and O–H groups in total. The first kappa shape index (κ1) is 10.0. The molecule has 1 aromatic heterocycles. The first-order valence-corrected chi connectivity index (χ1v) is 2.41. The summed E-state index contributed by atoms with van der Waals surface area (Å²) in [5.74, 6) is 0. The standard InChI is InChI=1S/C4H4S.ClH.H2O/c1-2-4-5-3-1;;/h1-4H;1H;1H2. The van der Waals surface area contributed by atoms with Gasteiger partial charge in [0, 0.05) is 0 Å². The van der Waals surface area contributed by atoms with Crippen LogP contribution in [0.15, 0.2) is 22.9 Å². The van der Waals surface area contributed by atoms with Crippen molar-refractivity contribution >= 4 is 23.7 Å². The molecule has 0 saturated carbocycles. The topological polar surface area (TPSA) is 31.5 Å². The summed E-state index contributed by atoms with van der Waals surface area (Å²) in [5, 5.41) is 4.08. The summed E-state index contributed by atoms with van der Waals surface area (Å²) >= 11 is 1.71. The quantitative estimate of drug-likeness (QED) is 0.519. The van der Waals surface area contributed by atoms with Gasteiger partial charge in [-0.2, -0.15) is 11.3 Å². The summed E-state index contributed by atoms with van der Waals surface area (Å²) in [6.07, 6.45) is 0. The number of halogens is 1. The molecule has 0 atom stereocenters. The summed E-state index contributed by atoms with van der Waals surface area (Å²) in [6, 6.07) is 4.04. The van der Waals surface area contributed by atoms with E-state index in [1.165, 1.54) is 0 Å². The average Bonchev–Trinajstić information content (AvgIpc) is 1.76. The predicted molar refractivity (Wildman–Crippen MR) is 35.2 cm³/mol. The molecule has 0 aliphatic heterocycles. The lowest BCUT2D eigenvalue weighted by atomic mass is 10.7. The minimum Gasteiger partial charge on any atom is -0.412 e. The lowest BCUT2D eigenvalue weighted by Gasteiger charge is -1.39. The third kappa shape index (κ3) is 3.79. The van der Waals surface area contributed by atoms with E-state index in [4.69, 9.17) is 0 Å². The van der Waals surface area contributed by atoms with Crippen molar-refractivity contribution in [1.29, 1.82) is 0 Å². The molecule has 7 heavy (non-hydrogen) atoms. The van der Waals surface area contributed by atoms with Crippen LogP contribution in [0.1, 0.15) is 0 Å². The van der Waals surface area contributed by atoms with Gasteiger partial charge in [-0.3, -0.25) is 0 Å². The lowest BCUT2D eigenvalue weighted by Crippen LogP contribution is -1.16. The minimum atomic E-state index is 0. The van der Waals surface area contributed by atoms with E-state index in [1.54, 1.807) is 11.3 Å². The monoisotopic (exact) mass is 138 g/mol. The summed E-state index contributed by atoms with van der Waals surface area (Å²) < 4.78 is 0. The highest BCUT2D eigenvalue weighted by molar-refractivity contribution is 7.07. The van der Waals surface area contributed by atoms with Gasteiger partial charge in [-0.25, -0.2) is 0 Å². The smallest absolute Gasteiger partial charge is 0.00934 e. The molecule has 0 bridgehead atoms. The Morgan fingerprint density at radius 2 is 1.43 bits per heavy atom. The van der Waals surface area contributed by atoms with Crippen molar-refractivity contribution < 1.29 is 5.48 Å². The van der Waals surface area contributed by atoms with E-state index in [0.717, 1.165) is 0 Å². The molecule has 0 saturated heterocycles. The third-order valence-corrected chi connectivity index (χ3v) is 1.05. The van der Waals surface area contributed by atoms with E-state index in [9.17, 15) is 0 Å². The van der Waals surface area contributed by atoms with Gasteiger partial charge in [0.15, 0.2) is 0 Å². The normalized spacial score (nSPS) is 5.71. The SMILES string of the molecule is Cl.O.c1ccsc1. The second kappa shape index (κ2) is 5.95. The van der Waals surface area contributed by atoms with Gasteiger partial charge in [0.25, 0.3) is 0 Å². The van der Waals surface area contributed by atoms with Crippen LogP contribution in [0.3, 0.4) is 0 Å². The largest absolute Gasteiger partial charge is 0.412 e. The Labute approximate surface area is 52.7 Å². The van der Waals surface area contributed by atoms with Crippen LogP contribution in [0.4, 0.5) is 0 Å². The van der Waals surface area contributed by atoms with Crippen molar-refractivity contribution in [2.45, 2.75) is 0 Å². The van der Waals surface area contributed by atoms with Gasteiger partial charge in [0.2, 0.25) is 0 Å². The van der Waals surface area contributed by atoms with Gasteiger partial charge in [-0.15, -0.1) is 12.4 Å². The molecule has 0 aromatic carbocycles. The molecule has 1 nitrogen and oxygen atoms in total. The summed E-state index contributed by atoms with van der Waals surface area (Å²) in [6.45, 7) is 0. The fraction of sp³-hybridized carbons (Fsp3) is 0. The molecule has 1 aromatic rings. The molecule has 0 radical (unpaired) electrons. The molecule has 0 amide bonds. The highest BCUT2D eigenvalue weighted by Gasteiger charge is 1.58. The molecule has 0 aliphatic carbocycles. The number of hydrogen-bond donors (Lipinski definition) is 0. The Morgan fingerprint density at radius 3 is 1.57 bits per heavy atom. The highest BCUT2D eigenvalue weighted by Crippen LogP contribution is 1.91. The molecule has 1 rings (SSSR count). The number of rotatable bonds is 0. The zero-order valence-corrected chi connectivity index (χ0v) is 5.26. The molecule has 3 heteroatoms. The van der Waals surface area contributed by atoms with E-state index in [2.05, 4.69) is 0 Å². The van der Waals surface area contributed by atoms with Crippen LogP contribution in [-0.2, 0) is 0 Å². The third-order valence-electron chi connectivity index (χ3n) is 0.425. The maximum atomic E-state index is 2.04. The molecule has 1 heterocycles. The second-order valence-corrected chi connectivity index (χ2v) is 1.61. The maximum Gasteiger partial charge on any atom is -0.00934 e. The zero-order chi connectivity index (χ0) is 3.54. The van der Waals surface area contributed by atoms with Crippen molar-refractivity contribution in [3.8, 4) is 0 Å². The highest BCUT2D eigenvalue weighted by atomic mass is 35.5. The second-order valence-electron chi connectivity index (χ2n) is 0.793. The summed E-state index contributed by atoms with van der Waals surface area (Å²) in [7, 11) is 0. The van der Waals surface area contributed by atoms with Crippen LogP contribution in [-0.4, -0.2) is 5.48 Å². The van der Waals surface area contributed by atoms with E-state index in [1.807, 2.05) is 22.9 Å². The molecule has 0 unspecified atom stereocenters. The van der Waals surface area contributed by atoms with Gasteiger partial charge in [-0.05, 0) is 10.8 Å². The van der Waals surface area contributed by atoms with Crippen molar-refractivity contribution in [2.24, 2.45) is 0 Å². The molecule has 42 valence electrons. The minimum absolute atomic E-state index is 0. The van der Waals surface area contributed by atoms with E-state index < -0.39 is 0 Å².